The molecule has 0 aliphatic carbocycles. The van der Waals surface area contributed by atoms with Crippen LogP contribution in [0.25, 0.3) is 0 Å². The molecule has 1 heterocycles. The Hall–Kier alpha value is -2.70. The summed E-state index contributed by atoms with van der Waals surface area (Å²) < 4.78 is 4.69. The summed E-state index contributed by atoms with van der Waals surface area (Å²) in [6.07, 6.45) is 1.53. The average Bonchev–Trinajstić information content (AvgIpc) is 2.80. The van der Waals surface area contributed by atoms with E-state index < -0.39 is 12.1 Å². The number of amides is 1. The smallest absolute Gasteiger partial charge is 0.337 e. The van der Waals surface area contributed by atoms with E-state index in [1.807, 2.05) is 37.4 Å². The highest BCUT2D eigenvalue weighted by molar-refractivity contribution is 5.96. The monoisotopic (exact) mass is 410 g/mol. The number of carbonyl (C=O) groups excluding carboxylic acids is 2. The summed E-state index contributed by atoms with van der Waals surface area (Å²) in [5.74, 6) is -0.0155. The number of carbonyl (C=O) groups is 2. The molecule has 1 aliphatic heterocycles. The van der Waals surface area contributed by atoms with E-state index in [0.29, 0.717) is 30.1 Å². The number of rotatable bonds is 7. The lowest BCUT2D eigenvalue weighted by molar-refractivity contribution is 0.0599. The SMILES string of the molecule is COC(=O)c1ccc(C(=O)N(C)CC2CCN(CC(O)c3ccccc3)CC2)cc1. The minimum atomic E-state index is -0.472. The number of likely N-dealkylation sites (tertiary alicyclic amines) is 1. The Bertz CT molecular complexity index is 830. The van der Waals surface area contributed by atoms with Crippen LogP contribution in [0, 0.1) is 5.92 Å². The zero-order chi connectivity index (χ0) is 21.5. The third-order valence-electron chi connectivity index (χ3n) is 5.75. The van der Waals surface area contributed by atoms with Crippen molar-refractivity contribution in [1.82, 2.24) is 9.80 Å². The van der Waals surface area contributed by atoms with Crippen molar-refractivity contribution in [3.05, 3.63) is 71.3 Å². The van der Waals surface area contributed by atoms with E-state index in [-0.39, 0.29) is 5.91 Å². The number of esters is 1. The van der Waals surface area contributed by atoms with E-state index in [0.717, 1.165) is 31.5 Å². The molecule has 1 unspecified atom stereocenters. The van der Waals surface area contributed by atoms with Crippen LogP contribution in [0.1, 0.15) is 45.2 Å². The number of nitrogens with zero attached hydrogens (tertiary/aromatic N) is 2. The normalized spacial score (nSPS) is 16.1. The predicted octanol–water partition coefficient (Wildman–Crippen LogP) is 2.99. The number of benzene rings is 2. The maximum absolute atomic E-state index is 12.7. The van der Waals surface area contributed by atoms with Crippen molar-refractivity contribution in [2.24, 2.45) is 5.92 Å². The topological polar surface area (TPSA) is 70.1 Å². The number of β-amino-alcohol motifs (C(OH)–C–C–N with tert-alkyl or cyclic N) is 1. The van der Waals surface area contributed by atoms with Gasteiger partial charge in [-0.2, -0.15) is 0 Å². The van der Waals surface area contributed by atoms with Crippen molar-refractivity contribution in [3.63, 3.8) is 0 Å². The predicted molar refractivity (Wildman–Crippen MR) is 115 cm³/mol. The molecule has 6 heteroatoms. The van der Waals surface area contributed by atoms with Gasteiger partial charge in [0.15, 0.2) is 0 Å². The van der Waals surface area contributed by atoms with Crippen LogP contribution in [-0.4, -0.2) is 67.1 Å². The molecule has 0 spiro atoms. The Morgan fingerprint density at radius 3 is 2.27 bits per heavy atom. The van der Waals surface area contributed by atoms with E-state index in [9.17, 15) is 14.7 Å². The van der Waals surface area contributed by atoms with Crippen LogP contribution in [0.5, 0.6) is 0 Å². The first-order valence-corrected chi connectivity index (χ1v) is 10.4. The van der Waals surface area contributed by atoms with Gasteiger partial charge in [0.05, 0.1) is 18.8 Å². The van der Waals surface area contributed by atoms with Gasteiger partial charge < -0.3 is 19.6 Å². The van der Waals surface area contributed by atoms with Crippen molar-refractivity contribution in [1.29, 1.82) is 0 Å². The fourth-order valence-corrected chi connectivity index (χ4v) is 3.93. The molecule has 1 amide bonds. The number of piperidine rings is 1. The molecule has 1 atom stereocenters. The average molecular weight is 411 g/mol. The van der Waals surface area contributed by atoms with E-state index in [4.69, 9.17) is 0 Å². The molecule has 0 aromatic heterocycles. The van der Waals surface area contributed by atoms with Gasteiger partial charge in [-0.3, -0.25) is 4.79 Å². The summed E-state index contributed by atoms with van der Waals surface area (Å²) in [6.45, 7) is 3.18. The minimum Gasteiger partial charge on any atom is -0.465 e. The fourth-order valence-electron chi connectivity index (χ4n) is 3.93. The quantitative estimate of drug-likeness (QED) is 0.711. The number of aliphatic hydroxyl groups excluding tert-OH is 1. The Labute approximate surface area is 178 Å². The van der Waals surface area contributed by atoms with Crippen LogP contribution in [0.2, 0.25) is 0 Å². The third-order valence-corrected chi connectivity index (χ3v) is 5.75. The first kappa shape index (κ1) is 22.0. The Morgan fingerprint density at radius 2 is 1.67 bits per heavy atom. The molecule has 6 nitrogen and oxygen atoms in total. The molecule has 0 saturated carbocycles. The Morgan fingerprint density at radius 1 is 1.07 bits per heavy atom. The van der Waals surface area contributed by atoms with Gasteiger partial charge in [-0.25, -0.2) is 4.79 Å². The molecule has 1 saturated heterocycles. The zero-order valence-electron chi connectivity index (χ0n) is 17.7. The van der Waals surface area contributed by atoms with Crippen LogP contribution in [0.15, 0.2) is 54.6 Å². The number of methoxy groups -OCH3 is 1. The van der Waals surface area contributed by atoms with Crippen LogP contribution in [0.4, 0.5) is 0 Å². The Kier molecular flexibility index (Phi) is 7.60. The molecule has 3 rings (SSSR count). The molecule has 1 fully saturated rings. The van der Waals surface area contributed by atoms with Crippen molar-refractivity contribution in [3.8, 4) is 0 Å². The van der Waals surface area contributed by atoms with Gasteiger partial charge in [0.1, 0.15) is 0 Å². The van der Waals surface area contributed by atoms with E-state index in [1.54, 1.807) is 29.2 Å². The summed E-state index contributed by atoms with van der Waals surface area (Å²) in [6, 6.07) is 16.3. The highest BCUT2D eigenvalue weighted by Gasteiger charge is 2.24. The zero-order valence-corrected chi connectivity index (χ0v) is 17.7. The van der Waals surface area contributed by atoms with Gasteiger partial charge in [0.25, 0.3) is 5.91 Å². The maximum Gasteiger partial charge on any atom is 0.337 e. The third kappa shape index (κ3) is 5.68. The summed E-state index contributed by atoms with van der Waals surface area (Å²) in [5.41, 5.74) is 1.94. The highest BCUT2D eigenvalue weighted by atomic mass is 16.5. The van der Waals surface area contributed by atoms with Crippen molar-refractivity contribution in [2.75, 3.05) is 40.3 Å². The van der Waals surface area contributed by atoms with E-state index in [2.05, 4.69) is 9.64 Å². The highest BCUT2D eigenvalue weighted by Crippen LogP contribution is 2.22. The molecule has 1 aliphatic rings. The minimum absolute atomic E-state index is 0.0478. The number of aliphatic hydroxyl groups is 1. The van der Waals surface area contributed by atoms with Crippen LogP contribution >= 0.6 is 0 Å². The van der Waals surface area contributed by atoms with Crippen LogP contribution in [-0.2, 0) is 4.74 Å². The lowest BCUT2D eigenvalue weighted by atomic mass is 9.95. The summed E-state index contributed by atoms with van der Waals surface area (Å²) in [5, 5.41) is 10.4. The molecule has 2 aromatic rings. The van der Waals surface area contributed by atoms with Gasteiger partial charge in [0.2, 0.25) is 0 Å². The molecule has 2 aromatic carbocycles. The first-order chi connectivity index (χ1) is 14.5. The molecule has 1 N–H and O–H groups in total. The first-order valence-electron chi connectivity index (χ1n) is 10.4. The van der Waals surface area contributed by atoms with Crippen molar-refractivity contribution in [2.45, 2.75) is 18.9 Å². The standard InChI is InChI=1S/C24H30N2O4/c1-25(23(28)20-8-10-21(11-9-20)24(29)30-2)16-18-12-14-26(15-13-18)17-22(27)19-6-4-3-5-7-19/h3-11,18,22,27H,12-17H2,1-2H3. The maximum atomic E-state index is 12.7. The number of hydrogen-bond acceptors (Lipinski definition) is 5. The van der Waals surface area contributed by atoms with Crippen LogP contribution < -0.4 is 0 Å². The summed E-state index contributed by atoms with van der Waals surface area (Å²) >= 11 is 0. The summed E-state index contributed by atoms with van der Waals surface area (Å²) in [7, 11) is 3.16. The number of hydrogen-bond donors (Lipinski definition) is 1. The van der Waals surface area contributed by atoms with Gasteiger partial charge in [0, 0.05) is 25.7 Å². The van der Waals surface area contributed by atoms with Gasteiger partial charge in [-0.05, 0) is 61.7 Å². The molecular formula is C24H30N2O4. The molecule has 30 heavy (non-hydrogen) atoms. The fraction of sp³-hybridized carbons (Fsp3) is 0.417. The largest absolute Gasteiger partial charge is 0.465 e. The van der Waals surface area contributed by atoms with E-state index >= 15 is 0 Å². The number of ether oxygens (including phenoxy) is 1. The lowest BCUT2D eigenvalue weighted by Gasteiger charge is -2.34. The Balaban J connectivity index is 1.46. The molecule has 0 radical (unpaired) electrons. The molecule has 160 valence electrons. The second-order valence-electron chi connectivity index (χ2n) is 7.93. The molecular weight excluding hydrogens is 380 g/mol. The van der Waals surface area contributed by atoms with Crippen molar-refractivity contribution < 1.29 is 19.4 Å². The van der Waals surface area contributed by atoms with Crippen LogP contribution in [0.3, 0.4) is 0 Å². The molecule has 0 bridgehead atoms. The van der Waals surface area contributed by atoms with E-state index in [1.165, 1.54) is 7.11 Å². The van der Waals surface area contributed by atoms with Gasteiger partial charge >= 0.3 is 5.97 Å². The lowest BCUT2D eigenvalue weighted by Crippen LogP contribution is -2.40. The van der Waals surface area contributed by atoms with Gasteiger partial charge in [-0.15, -0.1) is 0 Å². The second-order valence-corrected chi connectivity index (χ2v) is 7.93. The summed E-state index contributed by atoms with van der Waals surface area (Å²) in [4.78, 5) is 28.3. The second kappa shape index (κ2) is 10.4. The van der Waals surface area contributed by atoms with Crippen molar-refractivity contribution >= 4 is 11.9 Å². The van der Waals surface area contributed by atoms with Gasteiger partial charge in [-0.1, -0.05) is 30.3 Å².